The van der Waals surface area contributed by atoms with E-state index in [9.17, 15) is 8.78 Å². The highest BCUT2D eigenvalue weighted by molar-refractivity contribution is 4.90. The number of imidazole rings is 1. The first-order chi connectivity index (χ1) is 8.77. The predicted molar refractivity (Wildman–Crippen MR) is 63.4 cm³/mol. The number of aromatic nitrogens is 2. The summed E-state index contributed by atoms with van der Waals surface area (Å²) in [6.45, 7) is -0.760. The summed E-state index contributed by atoms with van der Waals surface area (Å²) in [7, 11) is 0. The molecular weight excluding hydrogens is 240 g/mol. The average molecular weight is 259 g/mol. The van der Waals surface area contributed by atoms with E-state index < -0.39 is 6.55 Å². The van der Waals surface area contributed by atoms with Crippen molar-refractivity contribution in [2.45, 2.75) is 44.9 Å². The molecule has 0 spiro atoms. The molecule has 1 N–H and O–H groups in total. The van der Waals surface area contributed by atoms with Crippen molar-refractivity contribution in [2.75, 3.05) is 13.2 Å². The van der Waals surface area contributed by atoms with Crippen molar-refractivity contribution >= 4 is 0 Å². The Morgan fingerprint density at radius 2 is 2.39 bits per heavy atom. The predicted octanol–water partition coefficient (Wildman–Crippen LogP) is 2.33. The molecule has 2 heterocycles. The third-order valence-electron chi connectivity index (χ3n) is 3.21. The maximum Gasteiger partial charge on any atom is 0.320 e. The molecule has 1 atom stereocenters. The van der Waals surface area contributed by atoms with E-state index in [2.05, 4.69) is 10.3 Å². The van der Waals surface area contributed by atoms with Gasteiger partial charge in [-0.1, -0.05) is 6.42 Å². The molecule has 0 aromatic carbocycles. The molecule has 0 radical (unpaired) electrons. The van der Waals surface area contributed by atoms with E-state index in [-0.39, 0.29) is 12.4 Å². The zero-order valence-corrected chi connectivity index (χ0v) is 10.3. The van der Waals surface area contributed by atoms with Crippen LogP contribution in [-0.4, -0.2) is 28.7 Å². The van der Waals surface area contributed by atoms with Crippen LogP contribution in [0.5, 0.6) is 0 Å². The van der Waals surface area contributed by atoms with Crippen LogP contribution in [0.25, 0.3) is 0 Å². The summed E-state index contributed by atoms with van der Waals surface area (Å²) in [5.74, 6) is 0.279. The Morgan fingerprint density at radius 1 is 1.50 bits per heavy atom. The Hall–Kier alpha value is -1.01. The lowest BCUT2D eigenvalue weighted by atomic mass is 10.0. The van der Waals surface area contributed by atoms with Crippen LogP contribution >= 0.6 is 0 Å². The number of halogens is 2. The molecule has 18 heavy (non-hydrogen) atoms. The van der Waals surface area contributed by atoms with E-state index in [0.717, 1.165) is 17.5 Å². The average Bonchev–Trinajstić information content (AvgIpc) is 2.84. The van der Waals surface area contributed by atoms with Crippen molar-refractivity contribution in [3.8, 4) is 0 Å². The first kappa shape index (κ1) is 13.4. The molecule has 102 valence electrons. The van der Waals surface area contributed by atoms with Crippen molar-refractivity contribution < 1.29 is 13.5 Å². The van der Waals surface area contributed by atoms with E-state index in [1.807, 2.05) is 0 Å². The topological polar surface area (TPSA) is 39.1 Å². The molecular formula is C12H19F2N3O. The van der Waals surface area contributed by atoms with Crippen LogP contribution in [0.1, 0.15) is 38.1 Å². The number of nitrogens with one attached hydrogen (secondary N) is 1. The number of nitrogens with zero attached hydrogens (tertiary/aromatic N) is 2. The summed E-state index contributed by atoms with van der Waals surface area (Å²) < 4.78 is 31.3. The third kappa shape index (κ3) is 3.74. The molecule has 0 bridgehead atoms. The Bertz CT molecular complexity index is 351. The molecule has 0 aliphatic carbocycles. The van der Waals surface area contributed by atoms with Crippen LogP contribution in [0.3, 0.4) is 0 Å². The fraction of sp³-hybridized carbons (Fsp3) is 0.750. The van der Waals surface area contributed by atoms with Gasteiger partial charge in [0.2, 0.25) is 0 Å². The fourth-order valence-electron chi connectivity index (χ4n) is 2.19. The van der Waals surface area contributed by atoms with Gasteiger partial charge in [0.25, 0.3) is 0 Å². The van der Waals surface area contributed by atoms with Gasteiger partial charge in [0.1, 0.15) is 12.4 Å². The second-order valence-corrected chi connectivity index (χ2v) is 4.52. The highest BCUT2D eigenvalue weighted by Gasteiger charge is 2.13. The molecule has 1 aromatic heterocycles. The van der Waals surface area contributed by atoms with Crippen molar-refractivity contribution in [3.05, 3.63) is 18.2 Å². The normalized spacial score (nSPS) is 20.5. The standard InChI is InChI=1S/C12H19F2N3O/c13-12(14)17-7-6-16-11(17)9-18-8-4-10-3-1-2-5-15-10/h6-7,10,12,15H,1-5,8-9H2. The highest BCUT2D eigenvalue weighted by atomic mass is 19.3. The van der Waals surface area contributed by atoms with Gasteiger partial charge in [-0.05, 0) is 25.8 Å². The van der Waals surface area contributed by atoms with Gasteiger partial charge in [-0.15, -0.1) is 0 Å². The van der Waals surface area contributed by atoms with Crippen LogP contribution in [0.2, 0.25) is 0 Å². The van der Waals surface area contributed by atoms with Gasteiger partial charge in [-0.3, -0.25) is 4.57 Å². The zero-order valence-electron chi connectivity index (χ0n) is 10.3. The Balaban J connectivity index is 1.66. The lowest BCUT2D eigenvalue weighted by Gasteiger charge is -2.23. The number of ether oxygens (including phenoxy) is 1. The number of alkyl halides is 2. The molecule has 1 aromatic rings. The van der Waals surface area contributed by atoms with E-state index >= 15 is 0 Å². The molecule has 4 nitrogen and oxygen atoms in total. The van der Waals surface area contributed by atoms with Gasteiger partial charge in [-0.25, -0.2) is 4.98 Å². The lowest BCUT2D eigenvalue weighted by Crippen LogP contribution is -2.34. The summed E-state index contributed by atoms with van der Waals surface area (Å²) in [6.07, 6.45) is 7.24. The van der Waals surface area contributed by atoms with Crippen molar-refractivity contribution in [1.82, 2.24) is 14.9 Å². The SMILES string of the molecule is FC(F)n1ccnc1COCCC1CCCCN1. The van der Waals surface area contributed by atoms with E-state index in [1.165, 1.54) is 31.7 Å². The maximum atomic E-state index is 12.5. The van der Waals surface area contributed by atoms with Gasteiger partial charge in [0.15, 0.2) is 0 Å². The minimum Gasteiger partial charge on any atom is -0.373 e. The Morgan fingerprint density at radius 3 is 3.11 bits per heavy atom. The van der Waals surface area contributed by atoms with Crippen LogP contribution in [0.4, 0.5) is 8.78 Å². The summed E-state index contributed by atoms with van der Waals surface area (Å²) in [4.78, 5) is 3.86. The van der Waals surface area contributed by atoms with Crippen LogP contribution < -0.4 is 5.32 Å². The largest absolute Gasteiger partial charge is 0.373 e. The monoisotopic (exact) mass is 259 g/mol. The van der Waals surface area contributed by atoms with Gasteiger partial charge in [-0.2, -0.15) is 8.78 Å². The molecule has 2 rings (SSSR count). The van der Waals surface area contributed by atoms with Crippen LogP contribution in [-0.2, 0) is 11.3 Å². The molecule has 1 fully saturated rings. The van der Waals surface area contributed by atoms with Gasteiger partial charge in [0.05, 0.1) is 0 Å². The van der Waals surface area contributed by atoms with Gasteiger partial charge >= 0.3 is 6.55 Å². The highest BCUT2D eigenvalue weighted by Crippen LogP contribution is 2.14. The van der Waals surface area contributed by atoms with E-state index in [4.69, 9.17) is 4.74 Å². The second kappa shape index (κ2) is 6.80. The lowest BCUT2D eigenvalue weighted by molar-refractivity contribution is 0.0503. The first-order valence-electron chi connectivity index (χ1n) is 6.38. The minimum absolute atomic E-state index is 0.143. The van der Waals surface area contributed by atoms with Crippen molar-refractivity contribution in [1.29, 1.82) is 0 Å². The summed E-state index contributed by atoms with van der Waals surface area (Å²) in [6, 6.07) is 0.508. The second-order valence-electron chi connectivity index (χ2n) is 4.52. The van der Waals surface area contributed by atoms with E-state index in [1.54, 1.807) is 0 Å². The molecule has 1 unspecified atom stereocenters. The quantitative estimate of drug-likeness (QED) is 0.797. The minimum atomic E-state index is -2.55. The molecule has 1 saturated heterocycles. The number of piperidine rings is 1. The summed E-state index contributed by atoms with van der Waals surface area (Å²) in [5.41, 5.74) is 0. The molecule has 6 heteroatoms. The fourth-order valence-corrected chi connectivity index (χ4v) is 2.19. The first-order valence-corrected chi connectivity index (χ1v) is 6.38. The van der Waals surface area contributed by atoms with Gasteiger partial charge in [0, 0.05) is 25.0 Å². The summed E-state index contributed by atoms with van der Waals surface area (Å²) >= 11 is 0. The number of hydrogen-bond donors (Lipinski definition) is 1. The third-order valence-corrected chi connectivity index (χ3v) is 3.21. The zero-order chi connectivity index (χ0) is 12.8. The number of hydrogen-bond acceptors (Lipinski definition) is 3. The van der Waals surface area contributed by atoms with Crippen LogP contribution in [0, 0.1) is 0 Å². The summed E-state index contributed by atoms with van der Waals surface area (Å²) in [5, 5.41) is 3.42. The molecule has 1 aliphatic rings. The smallest absolute Gasteiger partial charge is 0.320 e. The Labute approximate surface area is 105 Å². The molecule has 0 amide bonds. The molecule has 0 saturated carbocycles. The van der Waals surface area contributed by atoms with Crippen LogP contribution in [0.15, 0.2) is 12.4 Å². The maximum absolute atomic E-state index is 12.5. The van der Waals surface area contributed by atoms with Gasteiger partial charge < -0.3 is 10.1 Å². The van der Waals surface area contributed by atoms with Crippen molar-refractivity contribution in [3.63, 3.8) is 0 Å². The Kier molecular flexibility index (Phi) is 5.07. The van der Waals surface area contributed by atoms with E-state index in [0.29, 0.717) is 12.6 Å². The molecule has 1 aliphatic heterocycles. The van der Waals surface area contributed by atoms with Crippen molar-refractivity contribution in [2.24, 2.45) is 0 Å². The number of rotatable bonds is 6.